The first-order valence-electron chi connectivity index (χ1n) is 15.5. The Balaban J connectivity index is 1.56. The molecule has 4 atom stereocenters. The van der Waals surface area contributed by atoms with E-state index in [0.29, 0.717) is 67.8 Å². The third-order valence-electron chi connectivity index (χ3n) is 8.88. The lowest BCUT2D eigenvalue weighted by molar-refractivity contribution is -0.169. The summed E-state index contributed by atoms with van der Waals surface area (Å²) in [7, 11) is 3.10. The van der Waals surface area contributed by atoms with Gasteiger partial charge in [0.1, 0.15) is 23.5 Å². The summed E-state index contributed by atoms with van der Waals surface area (Å²) in [6.45, 7) is 1.46. The smallest absolute Gasteiger partial charge is 0.341 e. The average Bonchev–Trinajstić information content (AvgIpc) is 3.06. The Labute approximate surface area is 263 Å². The van der Waals surface area contributed by atoms with E-state index < -0.39 is 48.0 Å². The van der Waals surface area contributed by atoms with Crippen LogP contribution in [0.5, 0.6) is 17.2 Å². The quantitative estimate of drug-likeness (QED) is 0.244. The fourth-order valence-electron chi connectivity index (χ4n) is 6.20. The molecule has 0 bridgehead atoms. The number of aliphatic hydroxyl groups is 1. The summed E-state index contributed by atoms with van der Waals surface area (Å²) in [6.07, 6.45) is 4.09. The molecular formula is C34H43NO10. The van der Waals surface area contributed by atoms with Crippen LogP contribution in [0.4, 0.5) is 0 Å². The number of carbonyl (C=O) groups excluding carboxylic acids is 3. The molecule has 0 aromatic heterocycles. The molecule has 11 heteroatoms. The van der Waals surface area contributed by atoms with Crippen molar-refractivity contribution in [3.8, 4) is 17.2 Å². The van der Waals surface area contributed by atoms with Gasteiger partial charge in [0.15, 0.2) is 18.1 Å². The van der Waals surface area contributed by atoms with Crippen molar-refractivity contribution >= 4 is 23.6 Å². The normalized spacial score (nSPS) is 22.2. The minimum atomic E-state index is -1.74. The number of rotatable bonds is 13. The van der Waals surface area contributed by atoms with Crippen molar-refractivity contribution in [3.63, 3.8) is 0 Å². The molecule has 2 N–H and O–H groups in total. The van der Waals surface area contributed by atoms with Gasteiger partial charge in [-0.3, -0.25) is 9.59 Å². The number of aliphatic carboxylic acids is 1. The van der Waals surface area contributed by atoms with Crippen LogP contribution in [0.15, 0.2) is 42.5 Å². The van der Waals surface area contributed by atoms with E-state index >= 15 is 0 Å². The van der Waals surface area contributed by atoms with Crippen LogP contribution in [-0.2, 0) is 30.3 Å². The number of benzene rings is 2. The molecule has 0 spiro atoms. The van der Waals surface area contributed by atoms with Gasteiger partial charge in [-0.25, -0.2) is 9.59 Å². The van der Waals surface area contributed by atoms with E-state index in [1.807, 2.05) is 12.1 Å². The van der Waals surface area contributed by atoms with Crippen molar-refractivity contribution in [3.05, 3.63) is 53.6 Å². The highest BCUT2D eigenvalue weighted by atomic mass is 16.5. The lowest BCUT2D eigenvalue weighted by Crippen LogP contribution is -2.58. The molecule has 244 valence electrons. The van der Waals surface area contributed by atoms with Gasteiger partial charge < -0.3 is 34.1 Å². The number of methoxy groups -OCH3 is 2. The number of piperidine rings is 1. The van der Waals surface area contributed by atoms with Crippen LogP contribution >= 0.6 is 0 Å². The summed E-state index contributed by atoms with van der Waals surface area (Å²) in [5.41, 5.74) is -0.247. The second kappa shape index (κ2) is 15.2. The molecule has 2 aromatic carbocycles. The van der Waals surface area contributed by atoms with Crippen LogP contribution in [0.1, 0.15) is 75.5 Å². The molecule has 45 heavy (non-hydrogen) atoms. The van der Waals surface area contributed by atoms with Crippen LogP contribution < -0.4 is 14.2 Å². The predicted molar refractivity (Wildman–Crippen MR) is 163 cm³/mol. The summed E-state index contributed by atoms with van der Waals surface area (Å²) < 4.78 is 22.2. The van der Waals surface area contributed by atoms with Crippen molar-refractivity contribution < 1.29 is 48.3 Å². The maximum absolute atomic E-state index is 13.8. The first-order valence-corrected chi connectivity index (χ1v) is 15.5. The number of ether oxygens (including phenoxy) is 4. The number of esters is 1. The molecule has 1 aliphatic carbocycles. The van der Waals surface area contributed by atoms with E-state index in [-0.39, 0.29) is 18.9 Å². The van der Waals surface area contributed by atoms with Crippen molar-refractivity contribution in [2.24, 2.45) is 5.92 Å². The number of aryl methyl sites for hydroxylation is 1. The molecule has 1 saturated heterocycles. The van der Waals surface area contributed by atoms with Crippen LogP contribution in [0.2, 0.25) is 0 Å². The largest absolute Gasteiger partial charge is 0.493 e. The number of nitrogens with zero attached hydrogens (tertiary/aromatic N) is 1. The zero-order valence-corrected chi connectivity index (χ0v) is 26.2. The third kappa shape index (κ3) is 8.13. The first kappa shape index (κ1) is 33.8. The van der Waals surface area contributed by atoms with Crippen LogP contribution in [-0.4, -0.2) is 77.8 Å². The first-order chi connectivity index (χ1) is 21.6. The van der Waals surface area contributed by atoms with Gasteiger partial charge in [-0.15, -0.1) is 0 Å². The zero-order valence-electron chi connectivity index (χ0n) is 26.2. The molecule has 2 aliphatic rings. The SMILES string of the molecule is COc1ccc(CC[C@@H](OC(=O)C2CCCCN2C(=O)C(=O)[C@@]2(O)CCCC[C@H]2C)c2cccc(OCC(=O)O)c2)cc1OC. The molecule has 1 aliphatic heterocycles. The molecule has 0 radical (unpaired) electrons. The van der Waals surface area contributed by atoms with Gasteiger partial charge in [0.05, 0.1) is 14.2 Å². The molecule has 2 fully saturated rings. The Hall–Kier alpha value is -4.12. The highest BCUT2D eigenvalue weighted by Crippen LogP contribution is 2.36. The van der Waals surface area contributed by atoms with E-state index in [9.17, 15) is 24.3 Å². The number of hydrogen-bond donors (Lipinski definition) is 2. The van der Waals surface area contributed by atoms with Gasteiger partial charge in [-0.1, -0.05) is 38.0 Å². The topological polar surface area (TPSA) is 149 Å². The maximum Gasteiger partial charge on any atom is 0.341 e. The Bertz CT molecular complexity index is 1380. The van der Waals surface area contributed by atoms with Crippen LogP contribution in [0.25, 0.3) is 0 Å². The van der Waals surface area contributed by atoms with Gasteiger partial charge in [0, 0.05) is 6.54 Å². The Morgan fingerprint density at radius 3 is 2.44 bits per heavy atom. The van der Waals surface area contributed by atoms with Crippen molar-refractivity contribution in [2.45, 2.75) is 82.5 Å². The number of amides is 1. The molecule has 1 saturated carbocycles. The number of Topliss-reactive ketones (excluding diaryl/α,β-unsaturated/α-hetero) is 1. The average molecular weight is 626 g/mol. The summed E-state index contributed by atoms with van der Waals surface area (Å²) in [4.78, 5) is 53.0. The fraction of sp³-hybridized carbons (Fsp3) is 0.529. The van der Waals surface area contributed by atoms with Gasteiger partial charge in [0.2, 0.25) is 0 Å². The van der Waals surface area contributed by atoms with Crippen molar-refractivity contribution in [1.82, 2.24) is 4.90 Å². The second-order valence-electron chi connectivity index (χ2n) is 11.8. The van der Waals surface area contributed by atoms with E-state index in [2.05, 4.69) is 0 Å². The number of carboxylic acids is 1. The Morgan fingerprint density at radius 1 is 0.978 bits per heavy atom. The van der Waals surface area contributed by atoms with Crippen LogP contribution in [0, 0.1) is 5.92 Å². The summed E-state index contributed by atoms with van der Waals surface area (Å²) in [5.74, 6) is -2.39. The monoisotopic (exact) mass is 625 g/mol. The molecule has 1 unspecified atom stereocenters. The van der Waals surface area contributed by atoms with E-state index in [0.717, 1.165) is 12.0 Å². The molecule has 4 rings (SSSR count). The number of carboxylic acid groups (broad SMARTS) is 1. The molecule has 2 aromatic rings. The summed E-state index contributed by atoms with van der Waals surface area (Å²) in [6, 6.07) is 11.2. The number of likely N-dealkylation sites (tertiary alicyclic amines) is 1. The van der Waals surface area contributed by atoms with Crippen molar-refractivity contribution in [2.75, 3.05) is 27.4 Å². The van der Waals surface area contributed by atoms with Crippen LogP contribution in [0.3, 0.4) is 0 Å². The van der Waals surface area contributed by atoms with Gasteiger partial charge in [-0.2, -0.15) is 0 Å². The predicted octanol–water partition coefficient (Wildman–Crippen LogP) is 4.28. The maximum atomic E-state index is 13.8. The summed E-state index contributed by atoms with van der Waals surface area (Å²) >= 11 is 0. The highest BCUT2D eigenvalue weighted by Gasteiger charge is 2.49. The van der Waals surface area contributed by atoms with E-state index in [4.69, 9.17) is 24.1 Å². The standard InChI is InChI=1S/C34H43NO10/c1-22-9-4-6-17-34(22,41)31(38)32(39)35-18-7-5-12-26(35)33(40)45-27(24-10-8-11-25(20-24)44-21-30(36)37)15-13-23-14-16-28(42-2)29(19-23)43-3/h8,10-11,14,16,19-20,22,26-27,41H,4-7,9,12-13,15,17-18,21H2,1-3H3,(H,36,37)/t22-,26?,27-,34-/m1/s1. The lowest BCUT2D eigenvalue weighted by atomic mass is 9.73. The van der Waals surface area contributed by atoms with E-state index in [1.165, 1.54) is 4.90 Å². The highest BCUT2D eigenvalue weighted by molar-refractivity contribution is 6.39. The number of hydrogen-bond acceptors (Lipinski definition) is 9. The number of ketones is 1. The van der Waals surface area contributed by atoms with E-state index in [1.54, 1.807) is 51.5 Å². The summed E-state index contributed by atoms with van der Waals surface area (Å²) in [5, 5.41) is 20.2. The van der Waals surface area contributed by atoms with Crippen molar-refractivity contribution in [1.29, 1.82) is 0 Å². The molecule has 1 heterocycles. The number of carbonyl (C=O) groups is 4. The van der Waals surface area contributed by atoms with Gasteiger partial charge in [0.25, 0.3) is 11.7 Å². The Kier molecular flexibility index (Phi) is 11.4. The minimum Gasteiger partial charge on any atom is -0.493 e. The zero-order chi connectivity index (χ0) is 32.6. The second-order valence-corrected chi connectivity index (χ2v) is 11.8. The van der Waals surface area contributed by atoms with Gasteiger partial charge in [-0.05, 0) is 86.3 Å². The minimum absolute atomic E-state index is 0.212. The fourth-order valence-corrected chi connectivity index (χ4v) is 6.20. The molecule has 11 nitrogen and oxygen atoms in total. The molecular weight excluding hydrogens is 582 g/mol. The van der Waals surface area contributed by atoms with Gasteiger partial charge >= 0.3 is 11.9 Å². The molecule has 1 amide bonds. The Morgan fingerprint density at radius 2 is 1.73 bits per heavy atom. The lowest BCUT2D eigenvalue weighted by Gasteiger charge is -2.39. The third-order valence-corrected chi connectivity index (χ3v) is 8.88.